The van der Waals surface area contributed by atoms with E-state index in [4.69, 9.17) is 11.6 Å². The maximum absolute atomic E-state index is 6.29. The predicted octanol–water partition coefficient (Wildman–Crippen LogP) is 5.38. The standard InChI is InChI=1S/C17H23ClN2S/c1-17(2,3)16-9-7-13(21-16)11-19-12-6-8-15(20(4)5)14(18)10-12/h6-10,19H,11H2,1-5H3. The van der Waals surface area contributed by atoms with Crippen LogP contribution in [-0.2, 0) is 12.0 Å². The molecule has 2 nitrogen and oxygen atoms in total. The molecule has 0 aliphatic rings. The van der Waals surface area contributed by atoms with Gasteiger partial charge in [0.2, 0.25) is 0 Å². The van der Waals surface area contributed by atoms with Crippen molar-refractivity contribution in [3.05, 3.63) is 45.1 Å². The van der Waals surface area contributed by atoms with Crippen LogP contribution in [0, 0.1) is 0 Å². The van der Waals surface area contributed by atoms with Crippen LogP contribution in [0.1, 0.15) is 30.5 Å². The molecule has 0 saturated carbocycles. The normalized spacial score (nSPS) is 11.5. The summed E-state index contributed by atoms with van der Waals surface area (Å²) in [5.74, 6) is 0. The van der Waals surface area contributed by atoms with Gasteiger partial charge in [-0.2, -0.15) is 0 Å². The Bertz CT molecular complexity index is 611. The summed E-state index contributed by atoms with van der Waals surface area (Å²) in [6, 6.07) is 10.5. The smallest absolute Gasteiger partial charge is 0.0659 e. The lowest BCUT2D eigenvalue weighted by Gasteiger charge is -2.16. The molecule has 0 aliphatic heterocycles. The highest BCUT2D eigenvalue weighted by Gasteiger charge is 2.15. The molecule has 2 aromatic rings. The fraction of sp³-hybridized carbons (Fsp3) is 0.412. The molecule has 1 heterocycles. The second-order valence-corrected chi connectivity index (χ2v) is 8.01. The van der Waals surface area contributed by atoms with Crippen LogP contribution >= 0.6 is 22.9 Å². The second kappa shape index (κ2) is 6.29. The van der Waals surface area contributed by atoms with E-state index in [-0.39, 0.29) is 5.41 Å². The van der Waals surface area contributed by atoms with Crippen molar-refractivity contribution in [1.82, 2.24) is 0 Å². The van der Waals surface area contributed by atoms with E-state index in [1.807, 2.05) is 42.5 Å². The van der Waals surface area contributed by atoms with Crippen molar-refractivity contribution in [2.45, 2.75) is 32.7 Å². The van der Waals surface area contributed by atoms with E-state index in [0.717, 1.165) is 22.9 Å². The van der Waals surface area contributed by atoms with Gasteiger partial charge in [-0.05, 0) is 35.7 Å². The number of nitrogens with one attached hydrogen (secondary N) is 1. The van der Waals surface area contributed by atoms with E-state index in [1.54, 1.807) is 0 Å². The van der Waals surface area contributed by atoms with E-state index >= 15 is 0 Å². The number of rotatable bonds is 4. The Morgan fingerprint density at radius 1 is 1.14 bits per heavy atom. The highest BCUT2D eigenvalue weighted by atomic mass is 35.5. The van der Waals surface area contributed by atoms with E-state index < -0.39 is 0 Å². The molecule has 0 fully saturated rings. The Labute approximate surface area is 136 Å². The SMILES string of the molecule is CN(C)c1ccc(NCc2ccc(C(C)(C)C)s2)cc1Cl. The third kappa shape index (κ3) is 4.14. The minimum Gasteiger partial charge on any atom is -0.380 e. The van der Waals surface area contributed by atoms with Crippen molar-refractivity contribution >= 4 is 34.3 Å². The van der Waals surface area contributed by atoms with Crippen molar-refractivity contribution in [2.75, 3.05) is 24.3 Å². The average molecular weight is 323 g/mol. The molecule has 0 spiro atoms. The van der Waals surface area contributed by atoms with Crippen molar-refractivity contribution in [3.63, 3.8) is 0 Å². The van der Waals surface area contributed by atoms with Crippen molar-refractivity contribution in [1.29, 1.82) is 0 Å². The molecule has 0 aliphatic carbocycles. The van der Waals surface area contributed by atoms with Crippen molar-refractivity contribution in [2.24, 2.45) is 0 Å². The maximum atomic E-state index is 6.29. The number of anilines is 2. The van der Waals surface area contributed by atoms with Crippen molar-refractivity contribution < 1.29 is 0 Å². The van der Waals surface area contributed by atoms with E-state index in [1.165, 1.54) is 9.75 Å². The molecule has 0 saturated heterocycles. The largest absolute Gasteiger partial charge is 0.380 e. The first-order chi connectivity index (χ1) is 9.77. The lowest BCUT2D eigenvalue weighted by atomic mass is 9.95. The Hall–Kier alpha value is -1.19. The summed E-state index contributed by atoms with van der Waals surface area (Å²) in [7, 11) is 3.99. The average Bonchev–Trinajstić information content (AvgIpc) is 2.84. The highest BCUT2D eigenvalue weighted by Crippen LogP contribution is 2.31. The summed E-state index contributed by atoms with van der Waals surface area (Å²) in [6.45, 7) is 7.57. The van der Waals surface area contributed by atoms with E-state index in [9.17, 15) is 0 Å². The third-order valence-electron chi connectivity index (χ3n) is 3.30. The van der Waals surface area contributed by atoms with Crippen LogP contribution < -0.4 is 10.2 Å². The minimum atomic E-state index is 0.222. The van der Waals surface area contributed by atoms with Gasteiger partial charge in [-0.25, -0.2) is 0 Å². The number of hydrogen-bond acceptors (Lipinski definition) is 3. The zero-order chi connectivity index (χ0) is 15.6. The van der Waals surface area contributed by atoms with Gasteiger partial charge < -0.3 is 10.2 Å². The fourth-order valence-corrected chi connectivity index (χ4v) is 3.40. The number of benzene rings is 1. The van der Waals surface area contributed by atoms with Crippen LogP contribution in [0.5, 0.6) is 0 Å². The minimum absolute atomic E-state index is 0.222. The van der Waals surface area contributed by atoms with Crippen molar-refractivity contribution in [3.8, 4) is 0 Å². The van der Waals surface area contributed by atoms with E-state index in [2.05, 4.69) is 44.3 Å². The Kier molecular flexibility index (Phi) is 4.84. The molecule has 1 aromatic carbocycles. The summed E-state index contributed by atoms with van der Waals surface area (Å²) in [4.78, 5) is 4.77. The highest BCUT2D eigenvalue weighted by molar-refractivity contribution is 7.12. The van der Waals surface area contributed by atoms with Gasteiger partial charge >= 0.3 is 0 Å². The molecule has 4 heteroatoms. The molecular weight excluding hydrogens is 300 g/mol. The summed E-state index contributed by atoms with van der Waals surface area (Å²) in [5, 5.41) is 4.21. The van der Waals surface area contributed by atoms with Crippen LogP contribution in [-0.4, -0.2) is 14.1 Å². The second-order valence-electron chi connectivity index (χ2n) is 6.43. The first kappa shape index (κ1) is 16.2. The number of nitrogens with zero attached hydrogens (tertiary/aromatic N) is 1. The van der Waals surface area contributed by atoms with Gasteiger partial charge in [0.05, 0.1) is 10.7 Å². The van der Waals surface area contributed by atoms with Crippen LogP contribution in [0.25, 0.3) is 0 Å². The first-order valence-corrected chi connectivity index (χ1v) is 8.27. The quantitative estimate of drug-likeness (QED) is 0.813. The molecule has 2 rings (SSSR count). The Morgan fingerprint density at radius 3 is 2.38 bits per heavy atom. The Balaban J connectivity index is 2.03. The molecule has 0 amide bonds. The van der Waals surface area contributed by atoms with Crippen LogP contribution in [0.15, 0.2) is 30.3 Å². The molecule has 114 valence electrons. The van der Waals surface area contributed by atoms with Crippen LogP contribution in [0.2, 0.25) is 5.02 Å². The molecule has 21 heavy (non-hydrogen) atoms. The zero-order valence-electron chi connectivity index (χ0n) is 13.3. The summed E-state index contributed by atoms with van der Waals surface area (Å²) >= 11 is 8.16. The number of halogens is 1. The molecule has 0 radical (unpaired) electrons. The summed E-state index contributed by atoms with van der Waals surface area (Å²) in [6.07, 6.45) is 0. The molecule has 0 bridgehead atoms. The number of thiophene rings is 1. The van der Waals surface area contributed by atoms with Gasteiger partial charge in [0.1, 0.15) is 0 Å². The van der Waals surface area contributed by atoms with Gasteiger partial charge in [0.15, 0.2) is 0 Å². The third-order valence-corrected chi connectivity index (χ3v) is 5.11. The summed E-state index contributed by atoms with van der Waals surface area (Å²) < 4.78 is 0. The van der Waals surface area contributed by atoms with Gasteiger partial charge in [0, 0.05) is 36.1 Å². The lowest BCUT2D eigenvalue weighted by molar-refractivity contribution is 0.604. The topological polar surface area (TPSA) is 15.3 Å². The van der Waals surface area contributed by atoms with Gasteiger partial charge in [-0.15, -0.1) is 11.3 Å². The molecule has 0 unspecified atom stereocenters. The van der Waals surface area contributed by atoms with Gasteiger partial charge in [0.25, 0.3) is 0 Å². The molecule has 0 atom stereocenters. The molecule has 1 aromatic heterocycles. The fourth-order valence-electron chi connectivity index (χ4n) is 2.04. The lowest BCUT2D eigenvalue weighted by Crippen LogP contribution is -2.09. The van der Waals surface area contributed by atoms with Crippen LogP contribution in [0.4, 0.5) is 11.4 Å². The monoisotopic (exact) mass is 322 g/mol. The van der Waals surface area contributed by atoms with E-state index in [0.29, 0.717) is 0 Å². The summed E-state index contributed by atoms with van der Waals surface area (Å²) in [5.41, 5.74) is 2.31. The molecule has 1 N–H and O–H groups in total. The van der Waals surface area contributed by atoms with Crippen LogP contribution in [0.3, 0.4) is 0 Å². The van der Waals surface area contributed by atoms with Gasteiger partial charge in [-0.1, -0.05) is 32.4 Å². The Morgan fingerprint density at radius 2 is 1.86 bits per heavy atom. The van der Waals surface area contributed by atoms with Gasteiger partial charge in [-0.3, -0.25) is 0 Å². The maximum Gasteiger partial charge on any atom is 0.0659 e. The number of hydrogen-bond donors (Lipinski definition) is 1. The zero-order valence-corrected chi connectivity index (χ0v) is 14.9. The predicted molar refractivity (Wildman–Crippen MR) is 96.1 cm³/mol. The molecular formula is C17H23ClN2S. The first-order valence-electron chi connectivity index (χ1n) is 7.07.